The minimum Gasteiger partial charge on any atom is -0.208 e. The third kappa shape index (κ3) is 14.3. The number of nitrogens with zero attached hydrogens (tertiary/aromatic N) is 9. The van der Waals surface area contributed by atoms with E-state index in [1.165, 1.54) is 97.3 Å². The Bertz CT molecular complexity index is 8500. The largest absolute Gasteiger partial charge is 0.208 e. The van der Waals surface area contributed by atoms with Crippen LogP contribution in [-0.4, -0.2) is 44.9 Å². The molecule has 0 bridgehead atoms. The number of rotatable bonds is 12. The molecule has 0 aliphatic carbocycles. The summed E-state index contributed by atoms with van der Waals surface area (Å²) < 4.78 is 0. The summed E-state index contributed by atoms with van der Waals surface area (Å²) in [6, 6.07) is 159. The highest BCUT2D eigenvalue weighted by Crippen LogP contribution is 2.44. The fourth-order valence-corrected chi connectivity index (χ4v) is 18.3. The van der Waals surface area contributed by atoms with Crippen LogP contribution in [0.1, 0.15) is 0 Å². The zero-order valence-electron chi connectivity index (χ0n) is 69.3. The Morgan fingerprint density at radius 2 is 0.367 bits per heavy atom. The molecule has 3 heterocycles. The lowest BCUT2D eigenvalue weighted by molar-refractivity contribution is 1.08. The summed E-state index contributed by atoms with van der Waals surface area (Å²) in [7, 11) is 0. The van der Waals surface area contributed by atoms with E-state index in [1.54, 1.807) is 0 Å². The van der Waals surface area contributed by atoms with Gasteiger partial charge in [0.05, 0.1) is 0 Å². The van der Waals surface area contributed by atoms with Crippen molar-refractivity contribution in [3.05, 3.63) is 455 Å². The molecule has 0 unspecified atom stereocenters. The summed E-state index contributed by atoms with van der Waals surface area (Å²) in [4.78, 5) is 45.6. The molecule has 0 atom stereocenters. The average Bonchev–Trinajstić information content (AvgIpc) is 0.738. The molecule has 0 radical (unpaired) electrons. The molecule has 25 aromatic rings. The van der Waals surface area contributed by atoms with Gasteiger partial charge in [0.25, 0.3) is 0 Å². The fourth-order valence-electron chi connectivity index (χ4n) is 18.3. The van der Waals surface area contributed by atoms with Crippen molar-refractivity contribution in [1.29, 1.82) is 0 Å². The van der Waals surface area contributed by atoms with Crippen LogP contribution in [0.5, 0.6) is 0 Å². The first kappa shape index (κ1) is 75.7. The molecule has 0 saturated heterocycles. The van der Waals surface area contributed by atoms with Crippen LogP contribution in [0, 0.1) is 0 Å². The van der Waals surface area contributed by atoms with Gasteiger partial charge >= 0.3 is 0 Å². The van der Waals surface area contributed by atoms with E-state index in [0.717, 1.165) is 93.9 Å². The second kappa shape index (κ2) is 32.8. The molecule has 25 rings (SSSR count). The summed E-state index contributed by atoms with van der Waals surface area (Å²) in [6.07, 6.45) is 0. The third-order valence-electron chi connectivity index (χ3n) is 24.5. The lowest BCUT2D eigenvalue weighted by atomic mass is 9.92. The van der Waals surface area contributed by atoms with E-state index in [0.29, 0.717) is 52.4 Å². The highest BCUT2D eigenvalue weighted by Gasteiger charge is 2.23. The van der Waals surface area contributed by atoms with Gasteiger partial charge in [-0.05, 0) is 171 Å². The third-order valence-corrected chi connectivity index (χ3v) is 24.5. The van der Waals surface area contributed by atoms with Gasteiger partial charge in [0, 0.05) is 50.1 Å². The van der Waals surface area contributed by atoms with Gasteiger partial charge in [-0.1, -0.05) is 425 Å². The van der Waals surface area contributed by atoms with E-state index in [9.17, 15) is 0 Å². The Hall–Kier alpha value is -17.3. The molecule has 22 aromatic carbocycles. The standard InChI is InChI=1S/C41H25N3.2C39H25N3/c1-2-11-29(12-3-1)39-42-40(32-24-30-22-20-27-14-8-15-28-21-23-31(25-32)38(30)37(27)28)44-41(43-39)36-18-7-6-17-35(36)34-19-9-13-26-10-4-5-16-33(26)34;1-2-13-27(14-3-1)37-40-38(30-18-10-17-28(24-30)32-23-11-16-26-12-4-6-19-31(26)32)42-39(41-37)36-25-29-15-5-7-20-33(29)34-21-8-9-22-35(34)36;1-2-12-28(13-3-1)37-40-38(29-23-21-27(22-24-29)32-20-10-15-26-11-4-6-16-31(26)32)42-39(41-37)36-25-30-14-5-7-17-33(30)34-18-8-9-19-35(34)36/h1-25H;2*1-25H. The lowest BCUT2D eigenvalue weighted by Crippen LogP contribution is -2.01. The first-order valence-corrected chi connectivity index (χ1v) is 43.1. The van der Waals surface area contributed by atoms with Gasteiger partial charge in [-0.15, -0.1) is 0 Å². The number of fused-ring (bicyclic) bond motifs is 9. The van der Waals surface area contributed by atoms with Gasteiger partial charge in [-0.3, -0.25) is 0 Å². The normalized spacial score (nSPS) is 11.4. The van der Waals surface area contributed by atoms with Crippen LogP contribution in [0.4, 0.5) is 0 Å². The highest BCUT2D eigenvalue weighted by atomic mass is 15.1. The molecule has 0 N–H and O–H groups in total. The molecular weight excluding hydrogens is 1560 g/mol. The second-order valence-corrected chi connectivity index (χ2v) is 32.2. The molecule has 0 fully saturated rings. The fraction of sp³-hybridized carbons (Fsp3) is 0. The van der Waals surface area contributed by atoms with Crippen molar-refractivity contribution in [2.75, 3.05) is 0 Å². The van der Waals surface area contributed by atoms with Crippen LogP contribution in [0.15, 0.2) is 455 Å². The predicted octanol–water partition coefficient (Wildman–Crippen LogP) is 30.6. The quantitative estimate of drug-likeness (QED) is 0.110. The minimum atomic E-state index is 0.651. The molecule has 9 nitrogen and oxygen atoms in total. The highest BCUT2D eigenvalue weighted by molar-refractivity contribution is 6.24. The van der Waals surface area contributed by atoms with Gasteiger partial charge in [0.2, 0.25) is 0 Å². The van der Waals surface area contributed by atoms with E-state index >= 15 is 0 Å². The summed E-state index contributed by atoms with van der Waals surface area (Å²) in [5.74, 6) is 5.92. The van der Waals surface area contributed by atoms with E-state index < -0.39 is 0 Å². The molecule has 596 valence electrons. The second-order valence-electron chi connectivity index (χ2n) is 32.2. The van der Waals surface area contributed by atoms with Crippen molar-refractivity contribution in [2.24, 2.45) is 0 Å². The molecule has 0 aliphatic heterocycles. The summed E-state index contributed by atoms with van der Waals surface area (Å²) >= 11 is 0. The van der Waals surface area contributed by atoms with Crippen molar-refractivity contribution in [1.82, 2.24) is 44.9 Å². The van der Waals surface area contributed by atoms with Gasteiger partial charge < -0.3 is 0 Å². The summed E-state index contributed by atoms with van der Waals surface area (Å²) in [6.45, 7) is 0. The van der Waals surface area contributed by atoms with Crippen LogP contribution in [-0.2, 0) is 0 Å². The summed E-state index contributed by atoms with van der Waals surface area (Å²) in [5.41, 5.74) is 15.6. The number of aromatic nitrogens is 9. The van der Waals surface area contributed by atoms with Crippen molar-refractivity contribution in [3.63, 3.8) is 0 Å². The monoisotopic (exact) mass is 1630 g/mol. The van der Waals surface area contributed by atoms with E-state index in [4.69, 9.17) is 44.9 Å². The Morgan fingerprint density at radius 3 is 0.836 bits per heavy atom. The first-order chi connectivity index (χ1) is 63.4. The number of benzene rings is 22. The minimum absolute atomic E-state index is 0.651. The topological polar surface area (TPSA) is 116 Å². The van der Waals surface area contributed by atoms with Crippen LogP contribution in [0.3, 0.4) is 0 Å². The van der Waals surface area contributed by atoms with Crippen molar-refractivity contribution in [3.8, 4) is 136 Å². The van der Waals surface area contributed by atoms with Gasteiger partial charge in [0.15, 0.2) is 52.4 Å². The SMILES string of the molecule is c1ccc(-c2nc(-c3cc4ccc5cccc6ccc(c3)c4c56)nc(-c3ccccc3-c3cccc4ccccc34)n2)cc1.c1ccc(-c2nc(-c3ccc(-c4cccc5ccccc45)cc3)nc(-c3cc4ccccc4c4ccccc34)n2)cc1.c1ccc(-c2nc(-c3cccc(-c4cccc5ccccc45)c3)nc(-c3cc4ccccc4c4ccccc34)n2)cc1. The van der Waals surface area contributed by atoms with Crippen LogP contribution in [0.25, 0.3) is 244 Å². The first-order valence-electron chi connectivity index (χ1n) is 43.1. The number of hydrogen-bond donors (Lipinski definition) is 0. The maximum Gasteiger partial charge on any atom is 0.164 e. The lowest BCUT2D eigenvalue weighted by Gasteiger charge is -2.15. The molecule has 0 saturated carbocycles. The Morgan fingerprint density at radius 1 is 0.102 bits per heavy atom. The molecule has 9 heteroatoms. The van der Waals surface area contributed by atoms with Crippen molar-refractivity contribution >= 4 is 108 Å². The maximum absolute atomic E-state index is 5.18. The smallest absolute Gasteiger partial charge is 0.164 e. The van der Waals surface area contributed by atoms with E-state index in [-0.39, 0.29) is 0 Å². The molecule has 128 heavy (non-hydrogen) atoms. The Labute approximate surface area is 738 Å². The Balaban J connectivity index is 0.000000110. The predicted molar refractivity (Wildman–Crippen MR) is 531 cm³/mol. The Kier molecular flexibility index (Phi) is 19.4. The van der Waals surface area contributed by atoms with Crippen LogP contribution >= 0.6 is 0 Å². The van der Waals surface area contributed by atoms with Crippen LogP contribution in [0.2, 0.25) is 0 Å². The molecule has 3 aromatic heterocycles. The average molecular weight is 1630 g/mol. The summed E-state index contributed by atoms with van der Waals surface area (Å²) in [5, 5.41) is 24.2. The zero-order valence-corrected chi connectivity index (χ0v) is 69.3. The van der Waals surface area contributed by atoms with Gasteiger partial charge in [-0.25, -0.2) is 44.9 Å². The maximum atomic E-state index is 5.18. The van der Waals surface area contributed by atoms with Gasteiger partial charge in [0.1, 0.15) is 0 Å². The van der Waals surface area contributed by atoms with Crippen LogP contribution < -0.4 is 0 Å². The van der Waals surface area contributed by atoms with E-state index in [1.807, 2.05) is 78.9 Å². The van der Waals surface area contributed by atoms with Crippen molar-refractivity contribution < 1.29 is 0 Å². The number of hydrogen-bond acceptors (Lipinski definition) is 9. The zero-order chi connectivity index (χ0) is 84.8. The molecular formula is C119H75N9. The molecule has 0 aliphatic rings. The molecule has 0 spiro atoms. The van der Waals surface area contributed by atoms with Crippen molar-refractivity contribution in [2.45, 2.75) is 0 Å². The van der Waals surface area contributed by atoms with E-state index in [2.05, 4.69) is 376 Å². The van der Waals surface area contributed by atoms with Gasteiger partial charge in [-0.2, -0.15) is 0 Å². The molecule has 0 amide bonds.